The Morgan fingerprint density at radius 3 is 1.77 bits per heavy atom. The number of nitrogens with one attached hydrogen (secondary N) is 1. The largest absolute Gasteiger partial charge is 0.359 e. The summed E-state index contributed by atoms with van der Waals surface area (Å²) in [5.74, 6) is 0.867. The lowest BCUT2D eigenvalue weighted by molar-refractivity contribution is 0.782. The first kappa shape index (κ1) is 29.7. The van der Waals surface area contributed by atoms with Crippen LogP contribution in [0.25, 0.3) is 76.3 Å². The van der Waals surface area contributed by atoms with Crippen molar-refractivity contribution < 1.29 is 0 Å². The average Bonchev–Trinajstić information content (AvgIpc) is 3.58. The molecule has 10 aromatic rings. The van der Waals surface area contributed by atoms with E-state index >= 15 is 0 Å². The normalized spacial score (nSPS) is 14.6. The maximum absolute atomic E-state index is 5.33. The quantitative estimate of drug-likeness (QED) is 0.198. The van der Waals surface area contributed by atoms with Crippen LogP contribution in [0.3, 0.4) is 0 Å². The molecule has 1 aliphatic heterocycles. The van der Waals surface area contributed by atoms with Crippen molar-refractivity contribution in [2.45, 2.75) is 6.04 Å². The molecule has 0 amide bonds. The monoisotopic (exact) mass is 675 g/mol. The lowest BCUT2D eigenvalue weighted by Crippen LogP contribution is -2.31. The van der Waals surface area contributed by atoms with Crippen LogP contribution in [-0.2, 0) is 0 Å². The Labute approximate surface area is 306 Å². The third-order valence-corrected chi connectivity index (χ3v) is 11.0. The fourth-order valence-corrected chi connectivity index (χ4v) is 8.53. The van der Waals surface area contributed by atoms with Crippen LogP contribution in [0.4, 0.5) is 0 Å². The van der Waals surface area contributed by atoms with E-state index in [1.54, 1.807) is 0 Å². The molecule has 0 fully saturated rings. The molecule has 0 radical (unpaired) electrons. The Hall–Kier alpha value is -6.97. The Morgan fingerprint density at radius 2 is 1.04 bits per heavy atom. The molecule has 3 heteroatoms. The fraction of sp³-hybridized carbons (Fsp3) is 0.0200. The molecule has 53 heavy (non-hydrogen) atoms. The van der Waals surface area contributed by atoms with E-state index in [0.29, 0.717) is 0 Å². The first-order valence-corrected chi connectivity index (χ1v) is 18.3. The van der Waals surface area contributed by atoms with Gasteiger partial charge in [0.2, 0.25) is 0 Å². The van der Waals surface area contributed by atoms with E-state index in [0.717, 1.165) is 33.7 Å². The highest BCUT2D eigenvalue weighted by Gasteiger charge is 2.23. The molecule has 1 atom stereocenters. The highest BCUT2D eigenvalue weighted by molar-refractivity contribution is 6.29. The third-order valence-electron chi connectivity index (χ3n) is 11.0. The number of hydrogen-bond donors (Lipinski definition) is 1. The topological polar surface area (TPSA) is 29.3 Å². The molecule has 0 saturated heterocycles. The standard InChI is InChI=1S/C50H33N3/c1-2-15-35(16-3-1)43-31-44(37-25-24-32-12-4-5-17-36(32)30-37)52-50(51-43)42-22-10-21-41-40(42)20-11-23-45(41)53-46-28-26-33-13-6-8-18-38(33)48(46)49-39-19-9-7-14-34(39)27-29-47(49)53/h1-31,44H,(H,51,52). The van der Waals surface area contributed by atoms with Gasteiger partial charge in [-0.05, 0) is 79.2 Å². The summed E-state index contributed by atoms with van der Waals surface area (Å²) in [6, 6.07) is 65.7. The number of hydrogen-bond acceptors (Lipinski definition) is 2. The number of benzene rings is 9. The Morgan fingerprint density at radius 1 is 0.453 bits per heavy atom. The van der Waals surface area contributed by atoms with E-state index in [-0.39, 0.29) is 6.04 Å². The van der Waals surface area contributed by atoms with Crippen molar-refractivity contribution in [2.24, 2.45) is 4.99 Å². The molecule has 1 aromatic heterocycles. The maximum Gasteiger partial charge on any atom is 0.135 e. The number of aromatic nitrogens is 1. The van der Waals surface area contributed by atoms with Gasteiger partial charge in [0, 0.05) is 21.7 Å². The van der Waals surface area contributed by atoms with Crippen molar-refractivity contribution in [2.75, 3.05) is 0 Å². The molecule has 0 aliphatic carbocycles. The highest BCUT2D eigenvalue weighted by atomic mass is 15.1. The van der Waals surface area contributed by atoms with Crippen molar-refractivity contribution in [1.29, 1.82) is 0 Å². The van der Waals surface area contributed by atoms with Gasteiger partial charge in [0.05, 0.1) is 28.5 Å². The van der Waals surface area contributed by atoms with E-state index in [2.05, 4.69) is 198 Å². The summed E-state index contributed by atoms with van der Waals surface area (Å²) in [4.78, 5) is 5.33. The van der Waals surface area contributed by atoms with Gasteiger partial charge in [0.25, 0.3) is 0 Å². The molecule has 9 aromatic carbocycles. The number of aliphatic imine (C=N–C) groups is 1. The van der Waals surface area contributed by atoms with Crippen molar-refractivity contribution in [3.8, 4) is 5.69 Å². The summed E-state index contributed by atoms with van der Waals surface area (Å²) in [5, 5.41) is 16.3. The molecule has 0 bridgehead atoms. The van der Waals surface area contributed by atoms with Crippen LogP contribution < -0.4 is 5.32 Å². The Balaban J connectivity index is 1.14. The van der Waals surface area contributed by atoms with Crippen molar-refractivity contribution in [1.82, 2.24) is 9.88 Å². The minimum atomic E-state index is -0.0559. The van der Waals surface area contributed by atoms with Gasteiger partial charge in [-0.15, -0.1) is 0 Å². The highest BCUT2D eigenvalue weighted by Crippen LogP contribution is 2.42. The molecular weight excluding hydrogens is 643 g/mol. The lowest BCUT2D eigenvalue weighted by Gasteiger charge is -2.25. The van der Waals surface area contributed by atoms with Crippen molar-refractivity contribution in [3.05, 3.63) is 205 Å². The summed E-state index contributed by atoms with van der Waals surface area (Å²) in [5.41, 5.74) is 7.90. The van der Waals surface area contributed by atoms with Crippen molar-refractivity contribution in [3.63, 3.8) is 0 Å². The molecule has 1 unspecified atom stereocenters. The second kappa shape index (κ2) is 11.8. The molecule has 1 N–H and O–H groups in total. The average molecular weight is 676 g/mol. The van der Waals surface area contributed by atoms with Crippen LogP contribution in [0.2, 0.25) is 0 Å². The second-order valence-corrected chi connectivity index (χ2v) is 14.0. The molecule has 1 aliphatic rings. The Kier molecular flexibility index (Phi) is 6.62. The van der Waals surface area contributed by atoms with Crippen molar-refractivity contribution >= 4 is 76.4 Å². The predicted octanol–water partition coefficient (Wildman–Crippen LogP) is 12.5. The summed E-state index contributed by atoms with van der Waals surface area (Å²) in [6.45, 7) is 0. The van der Waals surface area contributed by atoms with Gasteiger partial charge in [-0.25, -0.2) is 4.99 Å². The van der Waals surface area contributed by atoms with Crippen LogP contribution in [0.5, 0.6) is 0 Å². The SMILES string of the molecule is C1=C(c2ccccc2)N=C(c2cccc3c(-n4c5ccc6ccccc6c5c5c6ccccc6ccc54)cccc23)NC1c1ccc2ccccc2c1. The predicted molar refractivity (Wildman–Crippen MR) is 224 cm³/mol. The molecule has 0 saturated carbocycles. The number of amidine groups is 1. The van der Waals surface area contributed by atoms with Crippen LogP contribution >= 0.6 is 0 Å². The van der Waals surface area contributed by atoms with E-state index in [4.69, 9.17) is 4.99 Å². The number of fused-ring (bicyclic) bond motifs is 9. The van der Waals surface area contributed by atoms with Gasteiger partial charge in [-0.2, -0.15) is 0 Å². The summed E-state index contributed by atoms with van der Waals surface area (Å²) >= 11 is 0. The first-order chi connectivity index (χ1) is 26.3. The summed E-state index contributed by atoms with van der Waals surface area (Å²) in [6.07, 6.45) is 2.26. The van der Waals surface area contributed by atoms with Crippen LogP contribution in [0.15, 0.2) is 193 Å². The zero-order chi connectivity index (χ0) is 34.9. The zero-order valence-corrected chi connectivity index (χ0v) is 28.9. The molecule has 3 nitrogen and oxygen atoms in total. The fourth-order valence-electron chi connectivity index (χ4n) is 8.53. The number of rotatable bonds is 4. The van der Waals surface area contributed by atoms with E-state index in [1.165, 1.54) is 65.1 Å². The summed E-state index contributed by atoms with van der Waals surface area (Å²) < 4.78 is 2.47. The van der Waals surface area contributed by atoms with Crippen LogP contribution in [-0.4, -0.2) is 10.4 Å². The van der Waals surface area contributed by atoms with Crippen LogP contribution in [0.1, 0.15) is 22.7 Å². The van der Waals surface area contributed by atoms with Gasteiger partial charge < -0.3 is 9.88 Å². The molecule has 2 heterocycles. The second-order valence-electron chi connectivity index (χ2n) is 14.0. The number of nitrogens with zero attached hydrogens (tertiary/aromatic N) is 2. The molecular formula is C50H33N3. The molecule has 248 valence electrons. The van der Waals surface area contributed by atoms with Gasteiger partial charge in [0.15, 0.2) is 0 Å². The van der Waals surface area contributed by atoms with E-state index in [1.807, 2.05) is 0 Å². The Bertz CT molecular complexity index is 3050. The van der Waals surface area contributed by atoms with Crippen LogP contribution in [0, 0.1) is 0 Å². The van der Waals surface area contributed by atoms with Gasteiger partial charge in [0.1, 0.15) is 5.84 Å². The van der Waals surface area contributed by atoms with Gasteiger partial charge in [-0.1, -0.05) is 158 Å². The lowest BCUT2D eigenvalue weighted by atomic mass is 9.96. The van der Waals surface area contributed by atoms with E-state index < -0.39 is 0 Å². The van der Waals surface area contributed by atoms with Gasteiger partial charge >= 0.3 is 0 Å². The van der Waals surface area contributed by atoms with E-state index in [9.17, 15) is 0 Å². The summed E-state index contributed by atoms with van der Waals surface area (Å²) in [7, 11) is 0. The first-order valence-electron chi connectivity index (χ1n) is 18.3. The maximum atomic E-state index is 5.33. The molecule has 11 rings (SSSR count). The third kappa shape index (κ3) is 4.71. The molecule has 0 spiro atoms. The zero-order valence-electron chi connectivity index (χ0n) is 28.9. The minimum absolute atomic E-state index is 0.0559. The minimum Gasteiger partial charge on any atom is -0.359 e. The smallest absolute Gasteiger partial charge is 0.135 e. The van der Waals surface area contributed by atoms with Gasteiger partial charge in [-0.3, -0.25) is 0 Å².